The molecule has 3 heterocycles. The van der Waals surface area contributed by atoms with Crippen molar-refractivity contribution < 1.29 is 9.90 Å². The number of likely N-dealkylation sites (tertiary alicyclic amines) is 1. The highest BCUT2D eigenvalue weighted by molar-refractivity contribution is 7.21. The van der Waals surface area contributed by atoms with Gasteiger partial charge in [0.1, 0.15) is 16.7 Å². The lowest BCUT2D eigenvalue weighted by molar-refractivity contribution is -0.144. The highest BCUT2D eigenvalue weighted by atomic mass is 32.1. The Morgan fingerprint density at radius 1 is 1.31 bits per heavy atom. The van der Waals surface area contributed by atoms with Gasteiger partial charge in [0, 0.05) is 4.88 Å². The van der Waals surface area contributed by atoms with Crippen LogP contribution in [0, 0.1) is 0 Å². The Labute approximate surface area is 154 Å². The summed E-state index contributed by atoms with van der Waals surface area (Å²) in [6.45, 7) is 1.05. The van der Waals surface area contributed by atoms with Gasteiger partial charge in [-0.05, 0) is 31.0 Å². The number of aliphatic carboxylic acids is 1. The van der Waals surface area contributed by atoms with Gasteiger partial charge in [-0.3, -0.25) is 14.5 Å². The van der Waals surface area contributed by atoms with Gasteiger partial charge >= 0.3 is 5.97 Å². The molecule has 26 heavy (non-hydrogen) atoms. The van der Waals surface area contributed by atoms with Gasteiger partial charge in [0.2, 0.25) is 0 Å². The molecule has 134 valence electrons. The van der Waals surface area contributed by atoms with Crippen LogP contribution in [-0.2, 0) is 11.3 Å². The maximum atomic E-state index is 12.5. The minimum atomic E-state index is -0.810. The third-order valence-corrected chi connectivity index (χ3v) is 5.84. The monoisotopic (exact) mass is 369 g/mol. The number of piperidine rings is 1. The Hall–Kier alpha value is -2.51. The van der Waals surface area contributed by atoms with E-state index in [0.717, 1.165) is 23.3 Å². The normalized spacial score (nSPS) is 18.2. The van der Waals surface area contributed by atoms with Gasteiger partial charge in [-0.25, -0.2) is 4.98 Å². The molecule has 0 bridgehead atoms. The lowest BCUT2D eigenvalue weighted by atomic mass is 10.0. The molecule has 0 radical (unpaired) electrons. The summed E-state index contributed by atoms with van der Waals surface area (Å²) >= 11 is 1.48. The minimum absolute atomic E-state index is 0.174. The van der Waals surface area contributed by atoms with Crippen LogP contribution in [-0.4, -0.2) is 38.5 Å². The van der Waals surface area contributed by atoms with E-state index in [4.69, 9.17) is 0 Å². The molecule has 2 aromatic heterocycles. The van der Waals surface area contributed by atoms with E-state index in [-0.39, 0.29) is 5.56 Å². The molecular formula is C19H19N3O3S. The summed E-state index contributed by atoms with van der Waals surface area (Å²) in [4.78, 5) is 34.9. The molecule has 1 aliphatic heterocycles. The summed E-state index contributed by atoms with van der Waals surface area (Å²) in [6.07, 6.45) is 2.52. The fraction of sp³-hybridized carbons (Fsp3) is 0.316. The first-order valence-electron chi connectivity index (χ1n) is 8.67. The maximum absolute atomic E-state index is 12.5. The number of rotatable bonds is 4. The molecule has 1 fully saturated rings. The van der Waals surface area contributed by atoms with E-state index in [9.17, 15) is 14.7 Å². The van der Waals surface area contributed by atoms with Crippen molar-refractivity contribution in [1.29, 1.82) is 0 Å². The molecule has 1 aliphatic rings. The van der Waals surface area contributed by atoms with Crippen LogP contribution in [0.5, 0.6) is 0 Å². The summed E-state index contributed by atoms with van der Waals surface area (Å²) in [6, 6.07) is 11.3. The Kier molecular flexibility index (Phi) is 4.57. The first-order valence-corrected chi connectivity index (χ1v) is 9.48. The number of fused-ring (bicyclic) bond motifs is 1. The molecule has 1 aromatic carbocycles. The predicted octanol–water partition coefficient (Wildman–Crippen LogP) is 3.09. The number of hydrogen-bond donors (Lipinski definition) is 2. The van der Waals surface area contributed by atoms with Crippen LogP contribution < -0.4 is 5.56 Å². The Morgan fingerprint density at radius 2 is 2.12 bits per heavy atom. The van der Waals surface area contributed by atoms with Crippen molar-refractivity contribution in [3.63, 3.8) is 0 Å². The molecule has 6 nitrogen and oxygen atoms in total. The van der Waals surface area contributed by atoms with Crippen molar-refractivity contribution in [3.8, 4) is 10.4 Å². The van der Waals surface area contributed by atoms with E-state index >= 15 is 0 Å². The average Bonchev–Trinajstić information content (AvgIpc) is 3.07. The highest BCUT2D eigenvalue weighted by Gasteiger charge is 2.29. The van der Waals surface area contributed by atoms with Crippen LogP contribution in [0.25, 0.3) is 20.7 Å². The molecule has 0 aliphatic carbocycles. The van der Waals surface area contributed by atoms with E-state index in [1.165, 1.54) is 11.3 Å². The molecule has 1 saturated heterocycles. The zero-order valence-electron chi connectivity index (χ0n) is 14.1. The molecule has 1 atom stereocenters. The van der Waals surface area contributed by atoms with E-state index in [1.54, 1.807) is 0 Å². The number of carbonyl (C=O) groups is 1. The largest absolute Gasteiger partial charge is 0.480 e. The quantitative estimate of drug-likeness (QED) is 0.738. The minimum Gasteiger partial charge on any atom is -0.480 e. The number of thiophene rings is 1. The van der Waals surface area contributed by atoms with Crippen molar-refractivity contribution in [2.24, 2.45) is 0 Å². The number of carboxylic acid groups (broad SMARTS) is 1. The van der Waals surface area contributed by atoms with Gasteiger partial charge in [-0.15, -0.1) is 11.3 Å². The lowest BCUT2D eigenvalue weighted by Crippen LogP contribution is -2.44. The second-order valence-electron chi connectivity index (χ2n) is 6.53. The van der Waals surface area contributed by atoms with Gasteiger partial charge in [0.25, 0.3) is 5.56 Å². The number of hydrogen-bond acceptors (Lipinski definition) is 5. The van der Waals surface area contributed by atoms with Crippen LogP contribution in [0.15, 0.2) is 41.2 Å². The number of nitrogens with zero attached hydrogens (tertiary/aromatic N) is 2. The van der Waals surface area contributed by atoms with Crippen LogP contribution in [0.4, 0.5) is 0 Å². The second kappa shape index (κ2) is 7.01. The fourth-order valence-electron chi connectivity index (χ4n) is 3.45. The Bertz CT molecular complexity index is 996. The molecule has 7 heteroatoms. The van der Waals surface area contributed by atoms with Gasteiger partial charge in [-0.1, -0.05) is 36.8 Å². The molecular weight excluding hydrogens is 350 g/mol. The summed E-state index contributed by atoms with van der Waals surface area (Å²) in [7, 11) is 0. The third kappa shape index (κ3) is 3.27. The molecule has 2 N–H and O–H groups in total. The molecule has 0 spiro atoms. The van der Waals surface area contributed by atoms with Gasteiger partial charge in [-0.2, -0.15) is 0 Å². The molecule has 3 aromatic rings. The Balaban J connectivity index is 1.66. The topological polar surface area (TPSA) is 86.3 Å². The average molecular weight is 369 g/mol. The van der Waals surface area contributed by atoms with Gasteiger partial charge in [0.15, 0.2) is 0 Å². The van der Waals surface area contributed by atoms with Crippen molar-refractivity contribution >= 4 is 27.5 Å². The molecule has 4 rings (SSSR count). The Morgan fingerprint density at radius 3 is 2.88 bits per heavy atom. The maximum Gasteiger partial charge on any atom is 0.320 e. The first-order chi connectivity index (χ1) is 12.6. The van der Waals surface area contributed by atoms with Crippen molar-refractivity contribution in [1.82, 2.24) is 14.9 Å². The van der Waals surface area contributed by atoms with Crippen molar-refractivity contribution in [2.75, 3.05) is 6.54 Å². The van der Waals surface area contributed by atoms with Crippen LogP contribution in [0.3, 0.4) is 0 Å². The van der Waals surface area contributed by atoms with Gasteiger partial charge < -0.3 is 10.1 Å². The standard InChI is InChI=1S/C19H19N3O3S/c23-17-13-10-15(12-6-2-1-3-7-12)26-18(13)21-16(20-17)11-22-9-5-4-8-14(22)19(24)25/h1-3,6-7,10,14H,4-5,8-9,11H2,(H,24,25)(H,20,21,23). The third-order valence-electron chi connectivity index (χ3n) is 4.76. The number of H-pyrrole nitrogens is 1. The van der Waals surface area contributed by atoms with Crippen LogP contribution in [0.2, 0.25) is 0 Å². The number of nitrogens with one attached hydrogen (secondary N) is 1. The van der Waals surface area contributed by atoms with E-state index < -0.39 is 12.0 Å². The SMILES string of the molecule is O=C(O)C1CCCCN1Cc1nc2sc(-c3ccccc3)cc2c(=O)[nH]1. The molecule has 0 saturated carbocycles. The summed E-state index contributed by atoms with van der Waals surface area (Å²) in [5.74, 6) is -0.285. The highest BCUT2D eigenvalue weighted by Crippen LogP contribution is 2.31. The lowest BCUT2D eigenvalue weighted by Gasteiger charge is -2.32. The second-order valence-corrected chi connectivity index (χ2v) is 7.56. The smallest absolute Gasteiger partial charge is 0.320 e. The van der Waals surface area contributed by atoms with E-state index in [1.807, 2.05) is 41.3 Å². The summed E-state index contributed by atoms with van der Waals surface area (Å²) in [5.41, 5.74) is 0.880. The van der Waals surface area contributed by atoms with Gasteiger partial charge in [0.05, 0.1) is 11.9 Å². The predicted molar refractivity (Wildman–Crippen MR) is 101 cm³/mol. The van der Waals surface area contributed by atoms with E-state index in [0.29, 0.717) is 35.6 Å². The van der Waals surface area contributed by atoms with Crippen molar-refractivity contribution in [3.05, 3.63) is 52.6 Å². The number of aromatic amines is 1. The molecule has 0 amide bonds. The van der Waals surface area contributed by atoms with Crippen molar-refractivity contribution in [2.45, 2.75) is 31.8 Å². The first kappa shape index (κ1) is 16.9. The fourth-order valence-corrected chi connectivity index (χ4v) is 4.50. The number of carboxylic acids is 1. The summed E-state index contributed by atoms with van der Waals surface area (Å²) < 4.78 is 0. The zero-order chi connectivity index (χ0) is 18.1. The van der Waals surface area contributed by atoms with Crippen LogP contribution >= 0.6 is 11.3 Å². The molecule has 1 unspecified atom stereocenters. The van der Waals surface area contributed by atoms with E-state index in [2.05, 4.69) is 9.97 Å². The van der Waals surface area contributed by atoms with Crippen LogP contribution in [0.1, 0.15) is 25.1 Å². The number of benzene rings is 1. The zero-order valence-corrected chi connectivity index (χ0v) is 15.0. The number of aromatic nitrogens is 2. The summed E-state index contributed by atoms with van der Waals surface area (Å²) in [5, 5.41) is 9.99.